The van der Waals surface area contributed by atoms with E-state index < -0.39 is 0 Å². The lowest BCUT2D eigenvalue weighted by atomic mass is 9.86. The van der Waals surface area contributed by atoms with Gasteiger partial charge in [-0.25, -0.2) is 5.43 Å². The summed E-state index contributed by atoms with van der Waals surface area (Å²) in [5, 5.41) is 4.08. The van der Waals surface area contributed by atoms with Crippen LogP contribution < -0.4 is 14.9 Å². The Labute approximate surface area is 159 Å². The molecule has 1 amide bonds. The number of nitrogens with one attached hydrogen (secondary N) is 1. The van der Waals surface area contributed by atoms with E-state index in [0.717, 1.165) is 17.7 Å². The largest absolute Gasteiger partial charge is 0.454 e. The Morgan fingerprint density at radius 2 is 1.85 bits per heavy atom. The fraction of sp³-hybridized carbons (Fsp3) is 0.364. The molecule has 2 atom stereocenters. The first kappa shape index (κ1) is 17.6. The van der Waals surface area contributed by atoms with Crippen molar-refractivity contribution < 1.29 is 14.3 Å². The Morgan fingerprint density at radius 1 is 1.11 bits per heavy atom. The monoisotopic (exact) mass is 364 g/mol. The van der Waals surface area contributed by atoms with Crippen LogP contribution in [-0.2, 0) is 10.2 Å². The van der Waals surface area contributed by atoms with E-state index in [0.29, 0.717) is 11.7 Å². The quantitative estimate of drug-likeness (QED) is 0.660. The summed E-state index contributed by atoms with van der Waals surface area (Å²) in [6.07, 6.45) is 2.50. The van der Waals surface area contributed by atoms with Crippen LogP contribution in [0.25, 0.3) is 0 Å². The normalized spacial score (nSPS) is 20.7. The van der Waals surface area contributed by atoms with Crippen LogP contribution in [0, 0.1) is 5.92 Å². The van der Waals surface area contributed by atoms with Gasteiger partial charge >= 0.3 is 0 Å². The minimum absolute atomic E-state index is 0.000564. The van der Waals surface area contributed by atoms with Crippen LogP contribution >= 0.6 is 0 Å². The molecular formula is C22H24N2O3. The van der Waals surface area contributed by atoms with Crippen molar-refractivity contribution in [3.8, 4) is 11.5 Å². The zero-order valence-corrected chi connectivity index (χ0v) is 15.9. The highest BCUT2D eigenvalue weighted by Crippen LogP contribution is 2.47. The Hall–Kier alpha value is -2.82. The maximum atomic E-state index is 12.3. The molecular weight excluding hydrogens is 340 g/mol. The van der Waals surface area contributed by atoms with Crippen molar-refractivity contribution in [1.29, 1.82) is 0 Å². The predicted octanol–water partition coefficient (Wildman–Crippen LogP) is 3.97. The maximum absolute atomic E-state index is 12.3. The first-order valence-electron chi connectivity index (χ1n) is 9.25. The van der Waals surface area contributed by atoms with E-state index in [1.165, 1.54) is 11.1 Å². The molecule has 5 heteroatoms. The van der Waals surface area contributed by atoms with Crippen LogP contribution in [-0.4, -0.2) is 18.9 Å². The van der Waals surface area contributed by atoms with E-state index in [2.05, 4.69) is 55.6 Å². The Kier molecular flexibility index (Phi) is 4.38. The van der Waals surface area contributed by atoms with Crippen LogP contribution in [0.5, 0.6) is 11.5 Å². The van der Waals surface area contributed by atoms with E-state index in [9.17, 15) is 4.79 Å². The van der Waals surface area contributed by atoms with E-state index in [1.807, 2.05) is 18.2 Å². The van der Waals surface area contributed by atoms with Crippen molar-refractivity contribution >= 4 is 12.1 Å². The number of carbonyl (C=O) groups is 1. The average Bonchev–Trinajstić information content (AvgIpc) is 3.31. The minimum atomic E-state index is -0.0307. The lowest BCUT2D eigenvalue weighted by Gasteiger charge is -2.19. The molecule has 1 N–H and O–H groups in total. The molecule has 1 saturated carbocycles. The zero-order valence-electron chi connectivity index (χ0n) is 15.9. The number of fused-ring (bicyclic) bond motifs is 1. The van der Waals surface area contributed by atoms with Gasteiger partial charge in [-0.2, -0.15) is 5.10 Å². The summed E-state index contributed by atoms with van der Waals surface area (Å²) in [7, 11) is 0. The predicted molar refractivity (Wildman–Crippen MR) is 104 cm³/mol. The molecule has 1 aliphatic heterocycles. The molecule has 0 saturated heterocycles. The molecule has 2 unspecified atom stereocenters. The lowest BCUT2D eigenvalue weighted by Crippen LogP contribution is -2.20. The van der Waals surface area contributed by atoms with Gasteiger partial charge in [-0.05, 0) is 52.6 Å². The Balaban J connectivity index is 1.32. The lowest BCUT2D eigenvalue weighted by molar-refractivity contribution is -0.122. The molecule has 0 aromatic heterocycles. The number of benzene rings is 2. The summed E-state index contributed by atoms with van der Waals surface area (Å²) in [6, 6.07) is 14.2. The number of hydrogen-bond donors (Lipinski definition) is 1. The molecule has 0 spiro atoms. The first-order chi connectivity index (χ1) is 12.9. The third kappa shape index (κ3) is 3.82. The third-order valence-electron chi connectivity index (χ3n) is 5.12. The molecule has 2 aromatic carbocycles. The Bertz CT molecular complexity index is 881. The Morgan fingerprint density at radius 3 is 2.59 bits per heavy atom. The van der Waals surface area contributed by atoms with E-state index in [-0.39, 0.29) is 24.0 Å². The van der Waals surface area contributed by atoms with Crippen LogP contribution in [0.4, 0.5) is 0 Å². The molecule has 5 nitrogen and oxygen atoms in total. The molecule has 27 heavy (non-hydrogen) atoms. The number of hydrazone groups is 1. The highest BCUT2D eigenvalue weighted by Gasteiger charge is 2.44. The number of carbonyl (C=O) groups excluding carboxylic acids is 1. The molecule has 1 aliphatic carbocycles. The van der Waals surface area contributed by atoms with Gasteiger partial charge in [-0.15, -0.1) is 0 Å². The van der Waals surface area contributed by atoms with Crippen molar-refractivity contribution in [3.63, 3.8) is 0 Å². The maximum Gasteiger partial charge on any atom is 0.243 e. The topological polar surface area (TPSA) is 59.9 Å². The second-order valence-corrected chi connectivity index (χ2v) is 8.17. The number of amides is 1. The van der Waals surface area contributed by atoms with Gasteiger partial charge in [-0.3, -0.25) is 4.79 Å². The van der Waals surface area contributed by atoms with Crippen LogP contribution in [0.2, 0.25) is 0 Å². The van der Waals surface area contributed by atoms with Gasteiger partial charge in [0.15, 0.2) is 11.5 Å². The van der Waals surface area contributed by atoms with Crippen molar-refractivity contribution in [1.82, 2.24) is 5.43 Å². The summed E-state index contributed by atoms with van der Waals surface area (Å²) in [5.74, 6) is 1.69. The second-order valence-electron chi connectivity index (χ2n) is 8.17. The molecule has 1 fully saturated rings. The first-order valence-corrected chi connectivity index (χ1v) is 9.25. The number of hydrogen-bond acceptors (Lipinski definition) is 4. The van der Waals surface area contributed by atoms with Crippen molar-refractivity contribution in [2.24, 2.45) is 11.0 Å². The van der Waals surface area contributed by atoms with E-state index in [4.69, 9.17) is 9.47 Å². The highest BCUT2D eigenvalue weighted by molar-refractivity contribution is 5.86. The number of nitrogens with zero attached hydrogens (tertiary/aromatic N) is 1. The fourth-order valence-electron chi connectivity index (χ4n) is 3.33. The highest BCUT2D eigenvalue weighted by atomic mass is 16.7. The summed E-state index contributed by atoms with van der Waals surface area (Å²) in [6.45, 7) is 6.85. The molecule has 2 aromatic rings. The van der Waals surface area contributed by atoms with E-state index >= 15 is 0 Å². The molecule has 1 heterocycles. The van der Waals surface area contributed by atoms with Gasteiger partial charge in [0, 0.05) is 5.92 Å². The fourth-order valence-corrected chi connectivity index (χ4v) is 3.33. The van der Waals surface area contributed by atoms with Gasteiger partial charge in [0.2, 0.25) is 12.7 Å². The standard InChI is InChI=1S/C22H24N2O3/c1-22(2,3)16-7-5-15(6-8-16)17-11-18(17)21(25)24-23-12-14-4-9-19-20(10-14)27-13-26-19/h4-10,12,17-18H,11,13H2,1-3H3,(H,24,25)/b23-12-. The minimum Gasteiger partial charge on any atom is -0.454 e. The van der Waals surface area contributed by atoms with Crippen molar-refractivity contribution in [3.05, 3.63) is 59.2 Å². The third-order valence-corrected chi connectivity index (χ3v) is 5.12. The smallest absolute Gasteiger partial charge is 0.243 e. The van der Waals surface area contributed by atoms with Crippen molar-refractivity contribution in [2.45, 2.75) is 38.5 Å². The second kappa shape index (κ2) is 6.72. The van der Waals surface area contributed by atoms with Gasteiger partial charge in [0.25, 0.3) is 0 Å². The van der Waals surface area contributed by atoms with Gasteiger partial charge in [-0.1, -0.05) is 45.0 Å². The van der Waals surface area contributed by atoms with E-state index in [1.54, 1.807) is 6.21 Å². The van der Waals surface area contributed by atoms with Crippen LogP contribution in [0.3, 0.4) is 0 Å². The number of ether oxygens (including phenoxy) is 2. The van der Waals surface area contributed by atoms with Gasteiger partial charge in [0.1, 0.15) is 0 Å². The zero-order chi connectivity index (χ0) is 19.0. The molecule has 4 rings (SSSR count). The van der Waals surface area contributed by atoms with Crippen molar-refractivity contribution in [2.75, 3.05) is 6.79 Å². The molecule has 140 valence electrons. The molecule has 0 radical (unpaired) electrons. The van der Waals surface area contributed by atoms with Gasteiger partial charge < -0.3 is 9.47 Å². The average molecular weight is 364 g/mol. The summed E-state index contributed by atoms with van der Waals surface area (Å²) < 4.78 is 10.6. The molecule has 0 bridgehead atoms. The summed E-state index contributed by atoms with van der Waals surface area (Å²) >= 11 is 0. The number of rotatable bonds is 4. The SMILES string of the molecule is CC(C)(C)c1ccc(C2CC2C(=O)N/N=C\c2ccc3c(c2)OCO3)cc1. The van der Waals surface area contributed by atoms with Gasteiger partial charge in [0.05, 0.1) is 6.21 Å². The molecule has 2 aliphatic rings. The summed E-state index contributed by atoms with van der Waals surface area (Å²) in [5.41, 5.74) is 6.18. The van der Waals surface area contributed by atoms with Crippen LogP contribution in [0.15, 0.2) is 47.6 Å². The van der Waals surface area contributed by atoms with Crippen LogP contribution in [0.1, 0.15) is 49.8 Å². The summed E-state index contributed by atoms with van der Waals surface area (Å²) in [4.78, 5) is 12.3.